The normalized spacial score (nSPS) is 19.7. The summed E-state index contributed by atoms with van der Waals surface area (Å²) in [5.41, 5.74) is 0.552. The van der Waals surface area contributed by atoms with Crippen LogP contribution >= 0.6 is 0 Å². The number of rotatable bonds is 13. The molecule has 1 saturated carbocycles. The summed E-state index contributed by atoms with van der Waals surface area (Å²) in [7, 11) is 0. The van der Waals surface area contributed by atoms with Gasteiger partial charge in [0, 0.05) is 0 Å². The zero-order valence-electron chi connectivity index (χ0n) is 18.1. The highest BCUT2D eigenvalue weighted by atomic mass is 19.2. The number of hydrogen-bond acceptors (Lipinski definition) is 1. The fraction of sp³-hybridized carbons (Fsp3) is 0.760. The molecule has 28 heavy (non-hydrogen) atoms. The first kappa shape index (κ1) is 23.2. The summed E-state index contributed by atoms with van der Waals surface area (Å²) in [6, 6.07) is 3.40. The maximum atomic E-state index is 14.7. The van der Waals surface area contributed by atoms with Crippen molar-refractivity contribution < 1.29 is 13.5 Å². The molecule has 0 unspecified atom stereocenters. The minimum absolute atomic E-state index is 0.0723. The van der Waals surface area contributed by atoms with Gasteiger partial charge in [0.25, 0.3) is 0 Å². The van der Waals surface area contributed by atoms with Crippen LogP contribution < -0.4 is 4.74 Å². The Balaban J connectivity index is 1.78. The minimum atomic E-state index is -0.798. The van der Waals surface area contributed by atoms with E-state index in [4.69, 9.17) is 4.74 Å². The molecule has 1 aromatic carbocycles. The van der Waals surface area contributed by atoms with Gasteiger partial charge in [-0.3, -0.25) is 0 Å². The van der Waals surface area contributed by atoms with Crippen molar-refractivity contribution in [2.75, 3.05) is 6.61 Å². The van der Waals surface area contributed by atoms with E-state index in [0.29, 0.717) is 12.2 Å². The molecule has 1 aromatic rings. The summed E-state index contributed by atoms with van der Waals surface area (Å²) in [4.78, 5) is 0. The Bertz CT molecular complexity index is 550. The lowest BCUT2D eigenvalue weighted by Crippen LogP contribution is -2.15. The SMILES string of the molecule is CCCCCCCCOc1ccc([C@H]2CC[C@H](CCCCC)CC2)c(F)c1F. The quantitative estimate of drug-likeness (QED) is 0.304. The van der Waals surface area contributed by atoms with Gasteiger partial charge in [-0.25, -0.2) is 4.39 Å². The number of hydrogen-bond donors (Lipinski definition) is 0. The van der Waals surface area contributed by atoms with Gasteiger partial charge in [0.1, 0.15) is 0 Å². The van der Waals surface area contributed by atoms with Gasteiger partial charge in [-0.05, 0) is 55.6 Å². The molecule has 1 nitrogen and oxygen atoms in total. The second-order valence-electron chi connectivity index (χ2n) is 8.61. The molecule has 0 atom stereocenters. The van der Waals surface area contributed by atoms with Crippen molar-refractivity contribution in [2.24, 2.45) is 5.92 Å². The van der Waals surface area contributed by atoms with Crippen LogP contribution in [0, 0.1) is 17.6 Å². The molecule has 0 N–H and O–H groups in total. The van der Waals surface area contributed by atoms with Crippen molar-refractivity contribution in [2.45, 2.75) is 110 Å². The van der Waals surface area contributed by atoms with Gasteiger partial charge >= 0.3 is 0 Å². The molecular formula is C25H40F2O. The van der Waals surface area contributed by atoms with Crippen LogP contribution in [0.2, 0.25) is 0 Å². The molecule has 1 aliphatic rings. The first-order valence-electron chi connectivity index (χ1n) is 11.8. The van der Waals surface area contributed by atoms with Gasteiger partial charge in [-0.15, -0.1) is 0 Å². The third-order valence-electron chi connectivity index (χ3n) is 6.33. The van der Waals surface area contributed by atoms with Crippen LogP contribution in [-0.2, 0) is 0 Å². The Morgan fingerprint density at radius 2 is 1.43 bits per heavy atom. The van der Waals surface area contributed by atoms with Gasteiger partial charge < -0.3 is 4.74 Å². The van der Waals surface area contributed by atoms with E-state index in [2.05, 4.69) is 13.8 Å². The summed E-state index contributed by atoms with van der Waals surface area (Å²) >= 11 is 0. The molecule has 0 saturated heterocycles. The number of ether oxygens (including phenoxy) is 1. The number of unbranched alkanes of at least 4 members (excludes halogenated alkanes) is 7. The second kappa shape index (κ2) is 13.2. The van der Waals surface area contributed by atoms with Crippen molar-refractivity contribution in [1.82, 2.24) is 0 Å². The van der Waals surface area contributed by atoms with E-state index in [1.165, 1.54) is 51.4 Å². The van der Waals surface area contributed by atoms with Crippen molar-refractivity contribution in [3.8, 4) is 5.75 Å². The summed E-state index contributed by atoms with van der Waals surface area (Å²) in [5.74, 6) is -0.480. The molecule has 0 bridgehead atoms. The largest absolute Gasteiger partial charge is 0.490 e. The fourth-order valence-electron chi connectivity index (χ4n) is 4.48. The molecule has 0 radical (unpaired) electrons. The van der Waals surface area contributed by atoms with E-state index in [-0.39, 0.29) is 11.7 Å². The highest BCUT2D eigenvalue weighted by Crippen LogP contribution is 2.40. The average molecular weight is 395 g/mol. The van der Waals surface area contributed by atoms with Crippen molar-refractivity contribution >= 4 is 0 Å². The fourth-order valence-corrected chi connectivity index (χ4v) is 4.48. The monoisotopic (exact) mass is 394 g/mol. The molecule has 160 valence electrons. The zero-order chi connectivity index (χ0) is 20.2. The lowest BCUT2D eigenvalue weighted by atomic mass is 9.77. The van der Waals surface area contributed by atoms with Crippen LogP contribution in [0.1, 0.15) is 115 Å². The van der Waals surface area contributed by atoms with Gasteiger partial charge in [-0.2, -0.15) is 4.39 Å². The molecule has 1 fully saturated rings. The smallest absolute Gasteiger partial charge is 0.200 e. The lowest BCUT2D eigenvalue weighted by Gasteiger charge is -2.29. The van der Waals surface area contributed by atoms with Gasteiger partial charge in [0.2, 0.25) is 5.82 Å². The van der Waals surface area contributed by atoms with Gasteiger partial charge in [-0.1, -0.05) is 77.7 Å². The maximum absolute atomic E-state index is 14.7. The van der Waals surface area contributed by atoms with Gasteiger partial charge in [0.15, 0.2) is 11.6 Å². The van der Waals surface area contributed by atoms with E-state index in [0.717, 1.165) is 44.4 Å². The van der Waals surface area contributed by atoms with Crippen LogP contribution in [0.25, 0.3) is 0 Å². The summed E-state index contributed by atoms with van der Waals surface area (Å²) in [6.45, 7) is 4.89. The molecule has 0 heterocycles. The summed E-state index contributed by atoms with van der Waals surface area (Å²) in [6.07, 6.45) is 16.3. The second-order valence-corrected chi connectivity index (χ2v) is 8.61. The Hall–Kier alpha value is -1.12. The molecular weight excluding hydrogens is 354 g/mol. The van der Waals surface area contributed by atoms with E-state index >= 15 is 0 Å². The minimum Gasteiger partial charge on any atom is -0.490 e. The predicted octanol–water partition coefficient (Wildman–Crippen LogP) is 8.56. The highest BCUT2D eigenvalue weighted by molar-refractivity contribution is 5.33. The Labute approximate surface area is 171 Å². The number of benzene rings is 1. The van der Waals surface area contributed by atoms with Crippen molar-refractivity contribution in [1.29, 1.82) is 0 Å². The molecule has 0 aromatic heterocycles. The standard InChI is InChI=1S/C25H40F2O/c1-3-5-7-8-9-11-19-28-23-18-17-22(24(26)25(23)27)21-15-13-20(14-16-21)12-10-6-4-2/h17-18,20-21H,3-16,19H2,1-2H3/t20-,21-. The van der Waals surface area contributed by atoms with Crippen LogP contribution in [0.3, 0.4) is 0 Å². The summed E-state index contributed by atoms with van der Waals surface area (Å²) < 4.78 is 34.7. The van der Waals surface area contributed by atoms with Crippen molar-refractivity contribution in [3.05, 3.63) is 29.3 Å². The van der Waals surface area contributed by atoms with Crippen LogP contribution in [0.15, 0.2) is 12.1 Å². The van der Waals surface area contributed by atoms with Crippen molar-refractivity contribution in [3.63, 3.8) is 0 Å². The maximum Gasteiger partial charge on any atom is 0.200 e. The van der Waals surface area contributed by atoms with E-state index in [1.807, 2.05) is 0 Å². The Morgan fingerprint density at radius 1 is 0.786 bits per heavy atom. The van der Waals surface area contributed by atoms with Crippen LogP contribution in [0.4, 0.5) is 8.78 Å². The first-order valence-corrected chi connectivity index (χ1v) is 11.8. The first-order chi connectivity index (χ1) is 13.7. The molecule has 1 aliphatic carbocycles. The highest BCUT2D eigenvalue weighted by Gasteiger charge is 2.26. The van der Waals surface area contributed by atoms with E-state index < -0.39 is 11.6 Å². The predicted molar refractivity (Wildman–Crippen MR) is 114 cm³/mol. The Morgan fingerprint density at radius 3 is 2.14 bits per heavy atom. The molecule has 0 spiro atoms. The Kier molecular flexibility index (Phi) is 10.9. The molecule has 2 rings (SSSR count). The van der Waals surface area contributed by atoms with Crippen LogP contribution in [0.5, 0.6) is 5.75 Å². The molecule has 0 amide bonds. The lowest BCUT2D eigenvalue weighted by molar-refractivity contribution is 0.279. The number of halogens is 2. The topological polar surface area (TPSA) is 9.23 Å². The molecule has 3 heteroatoms. The van der Waals surface area contributed by atoms with Gasteiger partial charge in [0.05, 0.1) is 6.61 Å². The third kappa shape index (κ3) is 7.37. The van der Waals surface area contributed by atoms with E-state index in [9.17, 15) is 8.78 Å². The average Bonchev–Trinajstić information content (AvgIpc) is 2.71. The zero-order valence-corrected chi connectivity index (χ0v) is 18.1. The van der Waals surface area contributed by atoms with Crippen LogP contribution in [-0.4, -0.2) is 6.61 Å². The molecule has 0 aliphatic heterocycles. The summed E-state index contributed by atoms with van der Waals surface area (Å²) in [5, 5.41) is 0. The third-order valence-corrected chi connectivity index (χ3v) is 6.33. The van der Waals surface area contributed by atoms with E-state index in [1.54, 1.807) is 12.1 Å².